The van der Waals surface area contributed by atoms with E-state index in [2.05, 4.69) is 9.97 Å². The van der Waals surface area contributed by atoms with Crippen molar-refractivity contribution in [3.63, 3.8) is 0 Å². The van der Waals surface area contributed by atoms with Gasteiger partial charge in [0.2, 0.25) is 11.7 Å². The van der Waals surface area contributed by atoms with Crippen LogP contribution in [0.5, 0.6) is 5.88 Å². The Kier molecular flexibility index (Phi) is 4.60. The number of halogens is 1. The number of methoxy groups -OCH3 is 1. The van der Waals surface area contributed by atoms with E-state index in [1.807, 2.05) is 0 Å². The largest absolute Gasteiger partial charge is 0.479 e. The van der Waals surface area contributed by atoms with Crippen LogP contribution in [0.15, 0.2) is 30.5 Å². The molecule has 25 heavy (non-hydrogen) atoms. The molecule has 2 amide bonds. The van der Waals surface area contributed by atoms with Crippen LogP contribution in [-0.4, -0.2) is 46.4 Å². The van der Waals surface area contributed by atoms with Gasteiger partial charge in [0, 0.05) is 17.7 Å². The van der Waals surface area contributed by atoms with Crippen LogP contribution in [0.2, 0.25) is 0 Å². The second kappa shape index (κ2) is 6.84. The van der Waals surface area contributed by atoms with Gasteiger partial charge >= 0.3 is 0 Å². The first-order valence-electron chi connectivity index (χ1n) is 7.78. The summed E-state index contributed by atoms with van der Waals surface area (Å²) in [6, 6.07) is 6.00. The number of nitrogens with two attached hydrogens (primary N) is 1. The molecule has 1 aliphatic heterocycles. The quantitative estimate of drug-likeness (QED) is 0.903. The number of primary amides is 1. The van der Waals surface area contributed by atoms with Crippen LogP contribution in [0, 0.1) is 5.82 Å². The van der Waals surface area contributed by atoms with Gasteiger partial charge < -0.3 is 15.4 Å². The van der Waals surface area contributed by atoms with Crippen LogP contribution >= 0.6 is 0 Å². The van der Waals surface area contributed by atoms with Gasteiger partial charge in [-0.2, -0.15) is 9.37 Å². The summed E-state index contributed by atoms with van der Waals surface area (Å²) in [5, 5.41) is 0. The van der Waals surface area contributed by atoms with E-state index in [1.165, 1.54) is 12.0 Å². The number of nitrogens with zero attached hydrogens (tertiary/aromatic N) is 3. The van der Waals surface area contributed by atoms with E-state index < -0.39 is 17.8 Å². The third kappa shape index (κ3) is 3.28. The van der Waals surface area contributed by atoms with Crippen molar-refractivity contribution >= 4 is 11.8 Å². The maximum absolute atomic E-state index is 13.4. The van der Waals surface area contributed by atoms with Crippen molar-refractivity contribution in [1.29, 1.82) is 0 Å². The highest BCUT2D eigenvalue weighted by Gasteiger charge is 2.33. The van der Waals surface area contributed by atoms with Crippen LogP contribution < -0.4 is 10.5 Å². The Labute approximate surface area is 143 Å². The first-order chi connectivity index (χ1) is 12.0. The van der Waals surface area contributed by atoms with E-state index in [0.717, 1.165) is 12.6 Å². The molecule has 2 aromatic rings. The summed E-state index contributed by atoms with van der Waals surface area (Å²) < 4.78 is 18.2. The molecule has 130 valence electrons. The average molecular weight is 344 g/mol. The van der Waals surface area contributed by atoms with Crippen LogP contribution in [0.25, 0.3) is 11.4 Å². The maximum Gasteiger partial charge on any atom is 0.254 e. The number of amides is 2. The summed E-state index contributed by atoms with van der Waals surface area (Å²) in [5.41, 5.74) is 6.40. The molecule has 0 saturated carbocycles. The summed E-state index contributed by atoms with van der Waals surface area (Å²) >= 11 is 0. The Hall–Kier alpha value is -3.03. The number of carbonyl (C=O) groups excluding carboxylic acids is 2. The average Bonchev–Trinajstić information content (AvgIpc) is 3.12. The minimum Gasteiger partial charge on any atom is -0.479 e. The minimum atomic E-state index is -0.649. The van der Waals surface area contributed by atoms with E-state index in [9.17, 15) is 14.0 Å². The summed E-state index contributed by atoms with van der Waals surface area (Å²) in [6.45, 7) is 0.506. The molecular weight excluding hydrogens is 327 g/mol. The highest BCUT2D eigenvalue weighted by Crippen LogP contribution is 2.23. The molecule has 2 N–H and O–H groups in total. The van der Waals surface area contributed by atoms with Gasteiger partial charge in [-0.25, -0.2) is 4.98 Å². The van der Waals surface area contributed by atoms with Gasteiger partial charge in [-0.3, -0.25) is 9.59 Å². The lowest BCUT2D eigenvalue weighted by molar-refractivity contribution is -0.121. The summed E-state index contributed by atoms with van der Waals surface area (Å²) in [7, 11) is 1.32. The van der Waals surface area contributed by atoms with Gasteiger partial charge in [0.15, 0.2) is 5.82 Å². The molecule has 0 aliphatic carbocycles. The molecule has 8 heteroatoms. The molecule has 0 unspecified atom stereocenters. The summed E-state index contributed by atoms with van der Waals surface area (Å²) in [6.07, 6.45) is 2.37. The molecule has 1 aromatic heterocycles. The zero-order valence-electron chi connectivity index (χ0n) is 13.6. The van der Waals surface area contributed by atoms with E-state index in [-0.39, 0.29) is 17.6 Å². The van der Waals surface area contributed by atoms with Crippen LogP contribution in [0.3, 0.4) is 0 Å². The standard InChI is InChI=1S/C17H17FN4O3/c1-25-16-12(18)9-20-15(21-16)10-4-6-11(7-5-10)17(24)22-8-2-3-13(22)14(19)23/h4-7,9,13H,2-3,8H2,1H3,(H2,19,23)/t13-/m0/s1. The fourth-order valence-electron chi connectivity index (χ4n) is 2.87. The normalized spacial score (nSPS) is 16.7. The Bertz CT molecular complexity index is 810. The first-order valence-corrected chi connectivity index (χ1v) is 7.78. The lowest BCUT2D eigenvalue weighted by atomic mass is 10.1. The zero-order chi connectivity index (χ0) is 18.0. The lowest BCUT2D eigenvalue weighted by Crippen LogP contribution is -2.43. The zero-order valence-corrected chi connectivity index (χ0v) is 13.6. The Balaban J connectivity index is 1.83. The molecule has 0 radical (unpaired) electrons. The number of benzene rings is 1. The SMILES string of the molecule is COc1nc(-c2ccc(C(=O)N3CCC[C@H]3C(N)=O)cc2)ncc1F. The molecule has 0 bridgehead atoms. The molecule has 1 saturated heterocycles. The van der Waals surface area contributed by atoms with Gasteiger partial charge in [0.25, 0.3) is 11.8 Å². The Morgan fingerprint density at radius 3 is 2.68 bits per heavy atom. The Morgan fingerprint density at radius 2 is 2.04 bits per heavy atom. The number of rotatable bonds is 4. The van der Waals surface area contributed by atoms with Gasteiger partial charge in [-0.05, 0) is 25.0 Å². The highest BCUT2D eigenvalue weighted by molar-refractivity contribution is 5.98. The van der Waals surface area contributed by atoms with Crippen LogP contribution in [-0.2, 0) is 4.79 Å². The number of hydrogen-bond acceptors (Lipinski definition) is 5. The molecular formula is C17H17FN4O3. The third-order valence-electron chi connectivity index (χ3n) is 4.14. The smallest absolute Gasteiger partial charge is 0.254 e. The predicted octanol–water partition coefficient (Wildman–Crippen LogP) is 1.38. The molecule has 1 aromatic carbocycles. The molecule has 7 nitrogen and oxygen atoms in total. The van der Waals surface area contributed by atoms with E-state index in [1.54, 1.807) is 24.3 Å². The topological polar surface area (TPSA) is 98.4 Å². The van der Waals surface area contributed by atoms with Crippen molar-refractivity contribution in [2.45, 2.75) is 18.9 Å². The van der Waals surface area contributed by atoms with Crippen molar-refractivity contribution in [3.05, 3.63) is 41.8 Å². The van der Waals surface area contributed by atoms with Gasteiger partial charge in [-0.1, -0.05) is 12.1 Å². The van der Waals surface area contributed by atoms with Crippen LogP contribution in [0.4, 0.5) is 4.39 Å². The molecule has 1 aliphatic rings. The lowest BCUT2D eigenvalue weighted by Gasteiger charge is -2.22. The van der Waals surface area contributed by atoms with Gasteiger partial charge in [0.05, 0.1) is 13.3 Å². The van der Waals surface area contributed by atoms with Crippen LogP contribution in [0.1, 0.15) is 23.2 Å². The van der Waals surface area contributed by atoms with Crippen molar-refractivity contribution in [1.82, 2.24) is 14.9 Å². The number of carbonyl (C=O) groups is 2. The molecule has 0 spiro atoms. The Morgan fingerprint density at radius 1 is 1.32 bits per heavy atom. The van der Waals surface area contributed by atoms with Crippen molar-refractivity contribution in [2.75, 3.05) is 13.7 Å². The number of hydrogen-bond donors (Lipinski definition) is 1. The monoisotopic (exact) mass is 344 g/mol. The van der Waals surface area contributed by atoms with E-state index in [4.69, 9.17) is 10.5 Å². The maximum atomic E-state index is 13.4. The summed E-state index contributed by atoms with van der Waals surface area (Å²) in [4.78, 5) is 33.4. The minimum absolute atomic E-state index is 0.147. The van der Waals surface area contributed by atoms with E-state index in [0.29, 0.717) is 24.1 Å². The van der Waals surface area contributed by atoms with Gasteiger partial charge in [-0.15, -0.1) is 0 Å². The molecule has 1 atom stereocenters. The third-order valence-corrected chi connectivity index (χ3v) is 4.14. The summed E-state index contributed by atoms with van der Waals surface area (Å²) in [5.74, 6) is -1.25. The number of ether oxygens (including phenoxy) is 1. The second-order valence-corrected chi connectivity index (χ2v) is 5.69. The number of likely N-dealkylation sites (tertiary alicyclic amines) is 1. The van der Waals surface area contributed by atoms with Crippen molar-refractivity contribution in [3.8, 4) is 17.3 Å². The van der Waals surface area contributed by atoms with Gasteiger partial charge in [0.1, 0.15) is 6.04 Å². The molecule has 2 heterocycles. The van der Waals surface area contributed by atoms with E-state index >= 15 is 0 Å². The fourth-order valence-corrected chi connectivity index (χ4v) is 2.87. The fraction of sp³-hybridized carbons (Fsp3) is 0.294. The van der Waals surface area contributed by atoms with Crippen molar-refractivity contribution in [2.24, 2.45) is 5.73 Å². The van der Waals surface area contributed by atoms with Crippen molar-refractivity contribution < 1.29 is 18.7 Å². The predicted molar refractivity (Wildman–Crippen MR) is 87.2 cm³/mol. The highest BCUT2D eigenvalue weighted by atomic mass is 19.1. The second-order valence-electron chi connectivity index (χ2n) is 5.69. The number of aromatic nitrogens is 2. The first kappa shape index (κ1) is 16.8. The molecule has 3 rings (SSSR count). The molecule has 1 fully saturated rings.